The molecule has 0 unspecified atom stereocenters. The normalized spacial score (nSPS) is 10.5. The molecule has 0 saturated carbocycles. The van der Waals surface area contributed by atoms with Crippen LogP contribution in [0.15, 0.2) is 36.5 Å². The zero-order chi connectivity index (χ0) is 16.2. The summed E-state index contributed by atoms with van der Waals surface area (Å²) in [6, 6.07) is 9.25. The maximum atomic E-state index is 5.74. The molecule has 23 heavy (non-hydrogen) atoms. The fourth-order valence-corrected chi connectivity index (χ4v) is 2.89. The molecule has 2 N–H and O–H groups in total. The van der Waals surface area contributed by atoms with Crippen molar-refractivity contribution in [3.05, 3.63) is 48.0 Å². The third-order valence-electron chi connectivity index (χ3n) is 3.16. The summed E-state index contributed by atoms with van der Waals surface area (Å²) in [4.78, 5) is 13.9. The number of nitrogens with two attached hydrogens (primary N) is 1. The predicted octanol–water partition coefficient (Wildman–Crippen LogP) is 3.08. The average molecular weight is 328 g/mol. The van der Waals surface area contributed by atoms with E-state index < -0.39 is 0 Å². The Hall–Kier alpha value is -2.67. The van der Waals surface area contributed by atoms with Crippen LogP contribution >= 0.6 is 11.3 Å². The van der Waals surface area contributed by atoms with Crippen LogP contribution in [-0.2, 0) is 6.61 Å². The number of methoxy groups -OCH3 is 1. The molecule has 0 amide bonds. The smallest absolute Gasteiger partial charge is 0.180 e. The van der Waals surface area contributed by atoms with E-state index in [2.05, 4.69) is 15.0 Å². The zero-order valence-corrected chi connectivity index (χ0v) is 13.6. The Balaban J connectivity index is 1.76. The summed E-state index contributed by atoms with van der Waals surface area (Å²) in [6.07, 6.45) is 1.71. The molecule has 1 aromatic carbocycles. The summed E-state index contributed by atoms with van der Waals surface area (Å²) in [5.41, 5.74) is 7.41. The zero-order valence-electron chi connectivity index (χ0n) is 12.8. The van der Waals surface area contributed by atoms with Crippen molar-refractivity contribution >= 4 is 16.5 Å². The van der Waals surface area contributed by atoms with Gasteiger partial charge in [0.2, 0.25) is 0 Å². The molecule has 0 radical (unpaired) electrons. The first kappa shape index (κ1) is 15.2. The van der Waals surface area contributed by atoms with Crippen molar-refractivity contribution in [2.45, 2.75) is 13.5 Å². The van der Waals surface area contributed by atoms with E-state index in [1.54, 1.807) is 13.3 Å². The number of aryl methyl sites for hydroxylation is 1. The van der Waals surface area contributed by atoms with Gasteiger partial charge < -0.3 is 15.2 Å². The van der Waals surface area contributed by atoms with E-state index in [1.807, 2.05) is 37.3 Å². The summed E-state index contributed by atoms with van der Waals surface area (Å²) in [5.74, 6) is 2.04. The van der Waals surface area contributed by atoms with Gasteiger partial charge in [0, 0.05) is 12.3 Å². The van der Waals surface area contributed by atoms with E-state index in [-0.39, 0.29) is 6.61 Å². The minimum atomic E-state index is 0.272. The summed E-state index contributed by atoms with van der Waals surface area (Å²) in [6.45, 7) is 2.19. The number of aromatic nitrogens is 3. The molecule has 0 atom stereocenters. The lowest BCUT2D eigenvalue weighted by molar-refractivity contribution is 0.293. The fourth-order valence-electron chi connectivity index (χ4n) is 2.09. The number of benzene rings is 1. The van der Waals surface area contributed by atoms with E-state index in [0.29, 0.717) is 16.7 Å². The number of anilines is 1. The predicted molar refractivity (Wildman–Crippen MR) is 89.6 cm³/mol. The van der Waals surface area contributed by atoms with Crippen LogP contribution in [0.25, 0.3) is 10.6 Å². The lowest BCUT2D eigenvalue weighted by Gasteiger charge is -2.07. The van der Waals surface area contributed by atoms with E-state index >= 15 is 0 Å². The minimum absolute atomic E-state index is 0.272. The summed E-state index contributed by atoms with van der Waals surface area (Å²) in [7, 11) is 1.62. The Morgan fingerprint density at radius 2 is 2.00 bits per heavy atom. The van der Waals surface area contributed by atoms with E-state index in [1.165, 1.54) is 11.3 Å². The molecule has 7 heteroatoms. The van der Waals surface area contributed by atoms with Crippen LogP contribution in [0.2, 0.25) is 0 Å². The summed E-state index contributed by atoms with van der Waals surface area (Å²) in [5, 5.41) is 0.533. The van der Waals surface area contributed by atoms with E-state index in [9.17, 15) is 0 Å². The number of rotatable bonds is 5. The Labute approximate surface area is 138 Å². The molecule has 0 bridgehead atoms. The van der Waals surface area contributed by atoms with Crippen LogP contribution in [0.3, 0.4) is 0 Å². The van der Waals surface area contributed by atoms with Gasteiger partial charge in [-0.2, -0.15) is 0 Å². The van der Waals surface area contributed by atoms with Crippen molar-refractivity contribution < 1.29 is 9.47 Å². The van der Waals surface area contributed by atoms with Crippen molar-refractivity contribution in [1.29, 1.82) is 0 Å². The molecule has 2 aromatic heterocycles. The van der Waals surface area contributed by atoms with Gasteiger partial charge in [0.1, 0.15) is 18.1 Å². The Bertz CT molecular complexity index is 819. The Kier molecular flexibility index (Phi) is 4.38. The van der Waals surface area contributed by atoms with Crippen LogP contribution < -0.4 is 15.2 Å². The van der Waals surface area contributed by atoms with Gasteiger partial charge in [0.15, 0.2) is 11.0 Å². The van der Waals surface area contributed by atoms with Gasteiger partial charge in [-0.15, -0.1) is 0 Å². The highest BCUT2D eigenvalue weighted by Crippen LogP contribution is 2.29. The molecule has 0 fully saturated rings. The maximum Gasteiger partial charge on any atom is 0.180 e. The van der Waals surface area contributed by atoms with Crippen molar-refractivity contribution in [1.82, 2.24) is 15.0 Å². The van der Waals surface area contributed by atoms with E-state index in [0.717, 1.165) is 22.0 Å². The number of nitrogens with zero attached hydrogens (tertiary/aromatic N) is 3. The van der Waals surface area contributed by atoms with Crippen LogP contribution in [0.4, 0.5) is 5.13 Å². The molecule has 0 spiro atoms. The highest BCUT2D eigenvalue weighted by molar-refractivity contribution is 7.18. The van der Waals surface area contributed by atoms with Crippen molar-refractivity contribution in [2.24, 2.45) is 0 Å². The van der Waals surface area contributed by atoms with Crippen LogP contribution in [0, 0.1) is 6.92 Å². The lowest BCUT2D eigenvalue weighted by atomic mass is 10.3. The van der Waals surface area contributed by atoms with Crippen molar-refractivity contribution in [3.63, 3.8) is 0 Å². The van der Waals surface area contributed by atoms with Gasteiger partial charge in [-0.25, -0.2) is 15.0 Å². The quantitative estimate of drug-likeness (QED) is 0.775. The highest BCUT2D eigenvalue weighted by atomic mass is 32.1. The Morgan fingerprint density at radius 1 is 1.17 bits per heavy atom. The van der Waals surface area contributed by atoms with Gasteiger partial charge in [-0.3, -0.25) is 0 Å². The summed E-state index contributed by atoms with van der Waals surface area (Å²) < 4.78 is 10.9. The molecule has 0 aliphatic carbocycles. The van der Waals surface area contributed by atoms with Gasteiger partial charge >= 0.3 is 0 Å². The second-order valence-electron chi connectivity index (χ2n) is 4.79. The summed E-state index contributed by atoms with van der Waals surface area (Å²) >= 11 is 1.41. The van der Waals surface area contributed by atoms with E-state index in [4.69, 9.17) is 15.2 Å². The standard InChI is InChI=1S/C16H16N4O2S/c1-10-15(23-16(17)19-10)13-6-7-18-14(20-13)9-22-12-5-3-4-11(8-12)21-2/h3-8H,9H2,1-2H3,(H2,17,19). The monoisotopic (exact) mass is 328 g/mol. The highest BCUT2D eigenvalue weighted by Gasteiger charge is 2.10. The third kappa shape index (κ3) is 3.57. The molecule has 0 saturated heterocycles. The van der Waals surface area contributed by atoms with Gasteiger partial charge in [-0.05, 0) is 25.1 Å². The Morgan fingerprint density at radius 3 is 2.74 bits per heavy atom. The topological polar surface area (TPSA) is 83.2 Å². The second-order valence-corrected chi connectivity index (χ2v) is 5.82. The number of nitrogen functional groups attached to an aromatic ring is 1. The number of thiazole rings is 1. The molecule has 2 heterocycles. The van der Waals surface area contributed by atoms with Gasteiger partial charge in [-0.1, -0.05) is 17.4 Å². The maximum absolute atomic E-state index is 5.74. The number of ether oxygens (including phenoxy) is 2. The largest absolute Gasteiger partial charge is 0.497 e. The lowest BCUT2D eigenvalue weighted by Crippen LogP contribution is -2.02. The van der Waals surface area contributed by atoms with Crippen molar-refractivity contribution in [2.75, 3.05) is 12.8 Å². The average Bonchev–Trinajstić information content (AvgIpc) is 2.92. The fraction of sp³-hybridized carbons (Fsp3) is 0.188. The minimum Gasteiger partial charge on any atom is -0.497 e. The van der Waals surface area contributed by atoms with Crippen molar-refractivity contribution in [3.8, 4) is 22.1 Å². The first-order valence-electron chi connectivity index (χ1n) is 6.98. The molecule has 0 aliphatic heterocycles. The molecule has 3 aromatic rings. The first-order valence-corrected chi connectivity index (χ1v) is 7.79. The molecular formula is C16H16N4O2S. The molecule has 118 valence electrons. The second kappa shape index (κ2) is 6.62. The molecule has 0 aliphatic rings. The SMILES string of the molecule is COc1cccc(OCc2nccc(-c3sc(N)nc3C)n2)c1. The third-order valence-corrected chi connectivity index (χ3v) is 4.17. The van der Waals surface area contributed by atoms with Gasteiger partial charge in [0.25, 0.3) is 0 Å². The molecular weight excluding hydrogens is 312 g/mol. The van der Waals surface area contributed by atoms with Crippen LogP contribution in [0.5, 0.6) is 11.5 Å². The van der Waals surface area contributed by atoms with Crippen LogP contribution in [0.1, 0.15) is 11.5 Å². The van der Waals surface area contributed by atoms with Gasteiger partial charge in [0.05, 0.1) is 23.4 Å². The molecule has 6 nitrogen and oxygen atoms in total. The van der Waals surface area contributed by atoms with Crippen LogP contribution in [-0.4, -0.2) is 22.1 Å². The molecule has 3 rings (SSSR count). The number of hydrogen-bond acceptors (Lipinski definition) is 7. The number of hydrogen-bond donors (Lipinski definition) is 1. The first-order chi connectivity index (χ1) is 11.2.